The zero-order valence-corrected chi connectivity index (χ0v) is 8.62. The molecular weight excluding hydrogens is 162 g/mol. The van der Waals surface area contributed by atoms with E-state index in [4.69, 9.17) is 0 Å². The predicted octanol–water partition coefficient (Wildman–Crippen LogP) is 1.75. The Kier molecular flexibility index (Phi) is 1.82. The number of aromatic nitrogens is 2. The van der Waals surface area contributed by atoms with Gasteiger partial charge in [-0.3, -0.25) is 4.68 Å². The second-order valence-electron chi connectivity index (χ2n) is 4.60. The Morgan fingerprint density at radius 3 is 2.69 bits per heavy atom. The van der Waals surface area contributed by atoms with E-state index in [1.165, 1.54) is 18.5 Å². The molecule has 1 aromatic heterocycles. The highest BCUT2D eigenvalue weighted by Crippen LogP contribution is 2.46. The summed E-state index contributed by atoms with van der Waals surface area (Å²) in [7, 11) is 4.08. The lowest BCUT2D eigenvalue weighted by molar-refractivity contribution is 0.432. The molecule has 2 rings (SSSR count). The maximum Gasteiger partial charge on any atom is 0.0747 e. The standard InChI is InChI=1S/C10H17N3/c1-10(4-5-10)8-13-7-9(6-11-13)12(2)3/h6-7H,4-5,8H2,1-3H3. The Balaban J connectivity index is 2.05. The molecule has 0 unspecified atom stereocenters. The summed E-state index contributed by atoms with van der Waals surface area (Å²) >= 11 is 0. The van der Waals surface area contributed by atoms with Crippen LogP contribution in [-0.4, -0.2) is 23.9 Å². The highest BCUT2D eigenvalue weighted by molar-refractivity contribution is 5.39. The first-order valence-corrected chi connectivity index (χ1v) is 4.79. The number of nitrogens with zero attached hydrogens (tertiary/aromatic N) is 3. The quantitative estimate of drug-likeness (QED) is 0.705. The van der Waals surface area contributed by atoms with Gasteiger partial charge in [-0.15, -0.1) is 0 Å². The van der Waals surface area contributed by atoms with Crippen molar-refractivity contribution in [3.8, 4) is 0 Å². The van der Waals surface area contributed by atoms with Crippen LogP contribution in [0.5, 0.6) is 0 Å². The summed E-state index contributed by atoms with van der Waals surface area (Å²) < 4.78 is 2.06. The fourth-order valence-corrected chi connectivity index (χ4v) is 1.43. The van der Waals surface area contributed by atoms with Crippen molar-refractivity contribution in [2.75, 3.05) is 19.0 Å². The van der Waals surface area contributed by atoms with Gasteiger partial charge in [-0.25, -0.2) is 0 Å². The van der Waals surface area contributed by atoms with Crippen LogP contribution in [-0.2, 0) is 6.54 Å². The molecule has 0 atom stereocenters. The first kappa shape index (κ1) is 8.60. The van der Waals surface area contributed by atoms with Crippen LogP contribution in [0.1, 0.15) is 19.8 Å². The maximum absolute atomic E-state index is 4.34. The Labute approximate surface area is 79.3 Å². The molecule has 1 aliphatic carbocycles. The molecule has 0 N–H and O–H groups in total. The minimum Gasteiger partial charge on any atom is -0.375 e. The summed E-state index contributed by atoms with van der Waals surface area (Å²) in [6.45, 7) is 3.39. The van der Waals surface area contributed by atoms with Gasteiger partial charge >= 0.3 is 0 Å². The SMILES string of the molecule is CN(C)c1cnn(CC2(C)CC2)c1. The molecule has 0 aromatic carbocycles. The molecule has 3 heteroatoms. The van der Waals surface area contributed by atoms with Gasteiger partial charge in [0.1, 0.15) is 0 Å². The van der Waals surface area contributed by atoms with Gasteiger partial charge < -0.3 is 4.90 Å². The Hall–Kier alpha value is -0.990. The summed E-state index contributed by atoms with van der Waals surface area (Å²) in [5, 5.41) is 4.34. The highest BCUT2D eigenvalue weighted by atomic mass is 15.3. The van der Waals surface area contributed by atoms with E-state index in [0.717, 1.165) is 6.54 Å². The third-order valence-corrected chi connectivity index (χ3v) is 2.78. The van der Waals surface area contributed by atoms with E-state index in [0.29, 0.717) is 5.41 Å². The molecule has 1 aromatic rings. The monoisotopic (exact) mass is 179 g/mol. The van der Waals surface area contributed by atoms with Crippen LogP contribution >= 0.6 is 0 Å². The van der Waals surface area contributed by atoms with E-state index in [2.05, 4.69) is 27.8 Å². The minimum absolute atomic E-state index is 0.537. The zero-order valence-electron chi connectivity index (χ0n) is 8.62. The number of hydrogen-bond acceptors (Lipinski definition) is 2. The van der Waals surface area contributed by atoms with Crippen molar-refractivity contribution in [1.82, 2.24) is 9.78 Å². The lowest BCUT2D eigenvalue weighted by Crippen LogP contribution is -2.09. The molecule has 1 saturated carbocycles. The topological polar surface area (TPSA) is 21.1 Å². The van der Waals surface area contributed by atoms with Gasteiger partial charge in [0.2, 0.25) is 0 Å². The van der Waals surface area contributed by atoms with E-state index < -0.39 is 0 Å². The fourth-order valence-electron chi connectivity index (χ4n) is 1.43. The number of anilines is 1. The molecule has 72 valence electrons. The average molecular weight is 179 g/mol. The van der Waals surface area contributed by atoms with Gasteiger partial charge in [0.25, 0.3) is 0 Å². The van der Waals surface area contributed by atoms with Crippen LogP contribution < -0.4 is 4.90 Å². The predicted molar refractivity (Wildman–Crippen MR) is 53.9 cm³/mol. The molecule has 1 fully saturated rings. The second kappa shape index (κ2) is 2.76. The third kappa shape index (κ3) is 1.85. The minimum atomic E-state index is 0.537. The lowest BCUT2D eigenvalue weighted by Gasteiger charge is -2.09. The smallest absolute Gasteiger partial charge is 0.0747 e. The molecule has 0 radical (unpaired) electrons. The molecule has 3 nitrogen and oxygen atoms in total. The molecule has 13 heavy (non-hydrogen) atoms. The average Bonchev–Trinajstić information content (AvgIpc) is 2.62. The van der Waals surface area contributed by atoms with Crippen molar-refractivity contribution in [1.29, 1.82) is 0 Å². The largest absolute Gasteiger partial charge is 0.375 e. The highest BCUT2D eigenvalue weighted by Gasteiger charge is 2.37. The normalized spacial score (nSPS) is 18.7. The molecule has 0 saturated heterocycles. The van der Waals surface area contributed by atoms with Crippen molar-refractivity contribution < 1.29 is 0 Å². The van der Waals surface area contributed by atoms with Crippen LogP contribution in [0.2, 0.25) is 0 Å². The number of rotatable bonds is 3. The maximum atomic E-state index is 4.34. The molecule has 0 aliphatic heterocycles. The van der Waals surface area contributed by atoms with Crippen LogP contribution in [0.15, 0.2) is 12.4 Å². The first-order valence-electron chi connectivity index (χ1n) is 4.79. The lowest BCUT2D eigenvalue weighted by atomic mass is 10.1. The van der Waals surface area contributed by atoms with Crippen molar-refractivity contribution in [2.24, 2.45) is 5.41 Å². The Morgan fingerprint density at radius 2 is 2.23 bits per heavy atom. The zero-order chi connectivity index (χ0) is 9.47. The van der Waals surface area contributed by atoms with Crippen LogP contribution in [0.25, 0.3) is 0 Å². The second-order valence-corrected chi connectivity index (χ2v) is 4.60. The molecular formula is C10H17N3. The summed E-state index contributed by atoms with van der Waals surface area (Å²) in [6, 6.07) is 0. The van der Waals surface area contributed by atoms with E-state index in [1.54, 1.807) is 0 Å². The summed E-state index contributed by atoms with van der Waals surface area (Å²) in [4.78, 5) is 2.08. The van der Waals surface area contributed by atoms with Gasteiger partial charge in [-0.2, -0.15) is 5.10 Å². The van der Waals surface area contributed by atoms with Crippen molar-refractivity contribution in [2.45, 2.75) is 26.3 Å². The molecule has 1 heterocycles. The van der Waals surface area contributed by atoms with Crippen LogP contribution in [0, 0.1) is 5.41 Å². The van der Waals surface area contributed by atoms with Crippen LogP contribution in [0.4, 0.5) is 5.69 Å². The van der Waals surface area contributed by atoms with Gasteiger partial charge in [0, 0.05) is 26.8 Å². The van der Waals surface area contributed by atoms with E-state index in [1.807, 2.05) is 20.3 Å². The van der Waals surface area contributed by atoms with Crippen molar-refractivity contribution in [3.63, 3.8) is 0 Å². The van der Waals surface area contributed by atoms with E-state index in [-0.39, 0.29) is 0 Å². The van der Waals surface area contributed by atoms with E-state index >= 15 is 0 Å². The van der Waals surface area contributed by atoms with Gasteiger partial charge in [0.15, 0.2) is 0 Å². The Bertz CT molecular complexity index is 297. The summed E-state index contributed by atoms with van der Waals surface area (Å²) in [5.41, 5.74) is 1.72. The van der Waals surface area contributed by atoms with Crippen LogP contribution in [0.3, 0.4) is 0 Å². The van der Waals surface area contributed by atoms with Gasteiger partial charge in [-0.1, -0.05) is 6.92 Å². The molecule has 0 amide bonds. The summed E-state index contributed by atoms with van der Waals surface area (Å²) in [6.07, 6.45) is 6.74. The van der Waals surface area contributed by atoms with Crippen molar-refractivity contribution in [3.05, 3.63) is 12.4 Å². The molecule has 1 aliphatic rings. The Morgan fingerprint density at radius 1 is 1.54 bits per heavy atom. The fraction of sp³-hybridized carbons (Fsp3) is 0.700. The molecule has 0 spiro atoms. The van der Waals surface area contributed by atoms with Crippen molar-refractivity contribution >= 4 is 5.69 Å². The van der Waals surface area contributed by atoms with Gasteiger partial charge in [0.05, 0.1) is 11.9 Å². The summed E-state index contributed by atoms with van der Waals surface area (Å²) in [5.74, 6) is 0. The van der Waals surface area contributed by atoms with Gasteiger partial charge in [-0.05, 0) is 18.3 Å². The van der Waals surface area contributed by atoms with E-state index in [9.17, 15) is 0 Å². The third-order valence-electron chi connectivity index (χ3n) is 2.78. The number of hydrogen-bond donors (Lipinski definition) is 0. The molecule has 0 bridgehead atoms. The first-order chi connectivity index (χ1) is 6.09.